The summed E-state index contributed by atoms with van der Waals surface area (Å²) in [6.45, 7) is 1.47. The first-order valence-corrected chi connectivity index (χ1v) is 5.35. The fourth-order valence-electron chi connectivity index (χ4n) is 1.76. The molecular weight excluding hydrogens is 192 g/mol. The van der Waals surface area contributed by atoms with E-state index in [9.17, 15) is 4.79 Å². The number of amides is 1. The third-order valence-corrected chi connectivity index (χ3v) is 2.64. The normalized spacial score (nSPS) is 21.2. The van der Waals surface area contributed by atoms with Gasteiger partial charge in [-0.3, -0.25) is 9.89 Å². The van der Waals surface area contributed by atoms with Gasteiger partial charge in [-0.05, 0) is 25.5 Å². The molecule has 15 heavy (non-hydrogen) atoms. The molecule has 0 aliphatic carbocycles. The molecular formula is C10H16N4O. The summed E-state index contributed by atoms with van der Waals surface area (Å²) in [5, 5.41) is 12.7. The summed E-state index contributed by atoms with van der Waals surface area (Å²) in [6, 6.07) is 1.84. The summed E-state index contributed by atoms with van der Waals surface area (Å²) < 4.78 is 0. The maximum Gasteiger partial charge on any atom is 0.237 e. The van der Waals surface area contributed by atoms with E-state index < -0.39 is 0 Å². The quantitative estimate of drug-likeness (QED) is 0.663. The van der Waals surface area contributed by atoms with E-state index in [-0.39, 0.29) is 11.9 Å². The summed E-state index contributed by atoms with van der Waals surface area (Å²) in [4.78, 5) is 11.7. The van der Waals surface area contributed by atoms with Gasteiger partial charge in [0.15, 0.2) is 0 Å². The lowest BCUT2D eigenvalue weighted by Crippen LogP contribution is -2.46. The second kappa shape index (κ2) is 4.93. The molecule has 2 rings (SSSR count). The number of nitrogens with zero attached hydrogens (tertiary/aromatic N) is 1. The molecule has 3 N–H and O–H groups in total. The predicted octanol–water partition coefficient (Wildman–Crippen LogP) is 0.168. The minimum atomic E-state index is -0.0123. The molecule has 1 atom stereocenters. The van der Waals surface area contributed by atoms with E-state index >= 15 is 0 Å². The molecule has 82 valence electrons. The smallest absolute Gasteiger partial charge is 0.237 e. The maximum atomic E-state index is 11.7. The van der Waals surface area contributed by atoms with E-state index in [0.717, 1.165) is 25.1 Å². The van der Waals surface area contributed by atoms with E-state index in [1.807, 2.05) is 6.07 Å². The predicted molar refractivity (Wildman–Crippen MR) is 56.1 cm³/mol. The highest BCUT2D eigenvalue weighted by atomic mass is 16.2. The summed E-state index contributed by atoms with van der Waals surface area (Å²) >= 11 is 0. The van der Waals surface area contributed by atoms with Crippen LogP contribution in [0.3, 0.4) is 0 Å². The number of hydrogen-bond donors (Lipinski definition) is 3. The Morgan fingerprint density at radius 2 is 2.53 bits per heavy atom. The first kappa shape index (κ1) is 10.2. The fourth-order valence-corrected chi connectivity index (χ4v) is 1.76. The Kier molecular flexibility index (Phi) is 3.34. The number of carbonyl (C=O) groups excluding carboxylic acids is 1. The van der Waals surface area contributed by atoms with Crippen LogP contribution in [-0.2, 0) is 11.3 Å². The topological polar surface area (TPSA) is 69.8 Å². The first-order valence-electron chi connectivity index (χ1n) is 5.35. The average molecular weight is 208 g/mol. The molecule has 1 aliphatic rings. The Morgan fingerprint density at radius 1 is 1.60 bits per heavy atom. The number of rotatable bonds is 3. The molecule has 5 heteroatoms. The van der Waals surface area contributed by atoms with Crippen molar-refractivity contribution in [3.63, 3.8) is 0 Å². The molecule has 0 aromatic carbocycles. The molecule has 2 heterocycles. The lowest BCUT2D eigenvalue weighted by Gasteiger charge is -2.22. The highest BCUT2D eigenvalue weighted by molar-refractivity contribution is 5.81. The number of nitrogens with one attached hydrogen (secondary N) is 3. The SMILES string of the molecule is O=C(NCc1ccn[nH]1)[C@H]1CCCCN1. The van der Waals surface area contributed by atoms with Crippen LogP contribution in [0.1, 0.15) is 25.0 Å². The van der Waals surface area contributed by atoms with Crippen LogP contribution in [0.5, 0.6) is 0 Å². The van der Waals surface area contributed by atoms with Crippen LogP contribution in [-0.4, -0.2) is 28.7 Å². The van der Waals surface area contributed by atoms with E-state index in [0.29, 0.717) is 6.54 Å². The molecule has 1 aromatic rings. The second-order valence-corrected chi connectivity index (χ2v) is 3.80. The number of piperidine rings is 1. The van der Waals surface area contributed by atoms with Crippen LogP contribution >= 0.6 is 0 Å². The zero-order valence-electron chi connectivity index (χ0n) is 8.62. The van der Waals surface area contributed by atoms with Crippen molar-refractivity contribution in [1.82, 2.24) is 20.8 Å². The monoisotopic (exact) mass is 208 g/mol. The van der Waals surface area contributed by atoms with Crippen LogP contribution in [0.2, 0.25) is 0 Å². The van der Waals surface area contributed by atoms with Crippen LogP contribution in [0.25, 0.3) is 0 Å². The summed E-state index contributed by atoms with van der Waals surface area (Å²) in [6.07, 6.45) is 4.93. The molecule has 1 amide bonds. The van der Waals surface area contributed by atoms with Gasteiger partial charge in [0.1, 0.15) is 0 Å². The Bertz CT molecular complexity index is 303. The summed E-state index contributed by atoms with van der Waals surface area (Å²) in [5.41, 5.74) is 0.930. The highest BCUT2D eigenvalue weighted by Crippen LogP contribution is 2.06. The van der Waals surface area contributed by atoms with Crippen LogP contribution in [0.15, 0.2) is 12.3 Å². The minimum absolute atomic E-state index is 0.0123. The Balaban J connectivity index is 1.76. The average Bonchev–Trinajstić information content (AvgIpc) is 2.80. The first-order chi connectivity index (χ1) is 7.36. The largest absolute Gasteiger partial charge is 0.349 e. The lowest BCUT2D eigenvalue weighted by atomic mass is 10.0. The van der Waals surface area contributed by atoms with Crippen molar-refractivity contribution in [2.75, 3.05) is 6.54 Å². The zero-order valence-corrected chi connectivity index (χ0v) is 8.62. The number of H-pyrrole nitrogens is 1. The fraction of sp³-hybridized carbons (Fsp3) is 0.600. The van der Waals surface area contributed by atoms with Crippen molar-refractivity contribution < 1.29 is 4.79 Å². The second-order valence-electron chi connectivity index (χ2n) is 3.80. The van der Waals surface area contributed by atoms with Gasteiger partial charge in [0.25, 0.3) is 0 Å². The third kappa shape index (κ3) is 2.79. The Labute approximate surface area is 88.6 Å². The molecule has 1 aliphatic heterocycles. The van der Waals surface area contributed by atoms with E-state index in [4.69, 9.17) is 0 Å². The van der Waals surface area contributed by atoms with Crippen molar-refractivity contribution in [1.29, 1.82) is 0 Å². The molecule has 0 radical (unpaired) electrons. The van der Waals surface area contributed by atoms with Crippen LogP contribution < -0.4 is 10.6 Å². The number of hydrogen-bond acceptors (Lipinski definition) is 3. The molecule has 0 bridgehead atoms. The van der Waals surface area contributed by atoms with Crippen molar-refractivity contribution in [2.24, 2.45) is 0 Å². The lowest BCUT2D eigenvalue weighted by molar-refractivity contribution is -0.123. The van der Waals surface area contributed by atoms with Crippen molar-refractivity contribution in [3.8, 4) is 0 Å². The van der Waals surface area contributed by atoms with E-state index in [1.54, 1.807) is 6.20 Å². The maximum absolute atomic E-state index is 11.7. The number of carbonyl (C=O) groups is 1. The van der Waals surface area contributed by atoms with E-state index in [2.05, 4.69) is 20.8 Å². The molecule has 0 saturated carbocycles. The van der Waals surface area contributed by atoms with Gasteiger partial charge in [0, 0.05) is 6.20 Å². The van der Waals surface area contributed by atoms with Gasteiger partial charge in [-0.2, -0.15) is 5.10 Å². The van der Waals surface area contributed by atoms with Crippen LogP contribution in [0, 0.1) is 0 Å². The van der Waals surface area contributed by atoms with Gasteiger partial charge in [-0.1, -0.05) is 6.42 Å². The summed E-state index contributed by atoms with van der Waals surface area (Å²) in [7, 11) is 0. The third-order valence-electron chi connectivity index (χ3n) is 2.64. The van der Waals surface area contributed by atoms with Gasteiger partial charge in [-0.15, -0.1) is 0 Å². The minimum Gasteiger partial charge on any atom is -0.349 e. The molecule has 1 aromatic heterocycles. The van der Waals surface area contributed by atoms with Gasteiger partial charge in [0.2, 0.25) is 5.91 Å². The van der Waals surface area contributed by atoms with Gasteiger partial charge < -0.3 is 10.6 Å². The summed E-state index contributed by atoms with van der Waals surface area (Å²) in [5.74, 6) is 0.0873. The van der Waals surface area contributed by atoms with Gasteiger partial charge in [0.05, 0.1) is 18.3 Å². The van der Waals surface area contributed by atoms with Crippen molar-refractivity contribution >= 4 is 5.91 Å². The Hall–Kier alpha value is -1.36. The molecule has 0 spiro atoms. The number of aromatic nitrogens is 2. The van der Waals surface area contributed by atoms with Crippen LogP contribution in [0.4, 0.5) is 0 Å². The zero-order chi connectivity index (χ0) is 10.5. The van der Waals surface area contributed by atoms with Gasteiger partial charge in [-0.25, -0.2) is 0 Å². The molecule has 0 unspecified atom stereocenters. The van der Waals surface area contributed by atoms with Gasteiger partial charge >= 0.3 is 0 Å². The molecule has 5 nitrogen and oxygen atoms in total. The van der Waals surface area contributed by atoms with Crippen molar-refractivity contribution in [2.45, 2.75) is 31.8 Å². The molecule has 1 saturated heterocycles. The number of aromatic amines is 1. The standard InChI is InChI=1S/C10H16N4O/c15-10(9-3-1-2-5-11-9)12-7-8-4-6-13-14-8/h4,6,9,11H,1-3,5,7H2,(H,12,15)(H,13,14)/t9-/m1/s1. The van der Waals surface area contributed by atoms with Crippen molar-refractivity contribution in [3.05, 3.63) is 18.0 Å². The van der Waals surface area contributed by atoms with E-state index in [1.165, 1.54) is 6.42 Å². The Morgan fingerprint density at radius 3 is 3.20 bits per heavy atom. The highest BCUT2D eigenvalue weighted by Gasteiger charge is 2.19. The molecule has 1 fully saturated rings.